The van der Waals surface area contributed by atoms with Crippen LogP contribution in [0.5, 0.6) is 11.5 Å². The van der Waals surface area contributed by atoms with Crippen molar-refractivity contribution in [3.8, 4) is 11.5 Å². The molecule has 8 heteroatoms. The van der Waals surface area contributed by atoms with Gasteiger partial charge in [0.1, 0.15) is 0 Å². The highest BCUT2D eigenvalue weighted by Gasteiger charge is 2.32. The highest BCUT2D eigenvalue weighted by molar-refractivity contribution is 5.80. The summed E-state index contributed by atoms with van der Waals surface area (Å²) < 4.78 is 16.2. The van der Waals surface area contributed by atoms with E-state index in [4.69, 9.17) is 14.2 Å². The molecule has 1 aliphatic carbocycles. The Morgan fingerprint density at radius 1 is 1.20 bits per heavy atom. The minimum atomic E-state index is -0.0940. The molecule has 1 N–H and O–H groups in total. The molecule has 30 heavy (non-hydrogen) atoms. The second kappa shape index (κ2) is 11.8. The number of ether oxygens (including phenoxy) is 3. The molecule has 8 nitrogen and oxygen atoms in total. The van der Waals surface area contributed by atoms with Crippen molar-refractivity contribution < 1.29 is 23.8 Å². The van der Waals surface area contributed by atoms with Crippen LogP contribution in [-0.4, -0.2) is 87.3 Å². The van der Waals surface area contributed by atoms with Crippen molar-refractivity contribution in [2.75, 3.05) is 59.7 Å². The molecule has 1 saturated heterocycles. The third kappa shape index (κ3) is 7.18. The van der Waals surface area contributed by atoms with Crippen LogP contribution in [0.4, 0.5) is 0 Å². The maximum atomic E-state index is 12.7. The van der Waals surface area contributed by atoms with E-state index >= 15 is 0 Å². The van der Waals surface area contributed by atoms with Crippen molar-refractivity contribution in [3.63, 3.8) is 0 Å². The van der Waals surface area contributed by atoms with Gasteiger partial charge in [-0.05, 0) is 37.9 Å². The lowest BCUT2D eigenvalue weighted by molar-refractivity contribution is -0.134. The van der Waals surface area contributed by atoms with E-state index in [-0.39, 0.29) is 24.5 Å². The van der Waals surface area contributed by atoms with Gasteiger partial charge in [0.2, 0.25) is 5.91 Å². The van der Waals surface area contributed by atoms with Crippen LogP contribution >= 0.6 is 0 Å². The maximum Gasteiger partial charge on any atom is 0.260 e. The number of carbonyl (C=O) groups is 2. The Kier molecular flexibility index (Phi) is 8.77. The lowest BCUT2D eigenvalue weighted by Crippen LogP contribution is -2.40. The van der Waals surface area contributed by atoms with Gasteiger partial charge in [0.15, 0.2) is 18.1 Å². The number of nitrogens with zero attached hydrogens (tertiary/aromatic N) is 2. The van der Waals surface area contributed by atoms with E-state index in [1.807, 2.05) is 12.1 Å². The molecule has 3 rings (SSSR count). The lowest BCUT2D eigenvalue weighted by atomic mass is 10.3. The number of morpholine rings is 1. The average Bonchev–Trinajstić information content (AvgIpc) is 3.61. The zero-order valence-electron chi connectivity index (χ0n) is 17.8. The Labute approximate surface area is 178 Å². The Bertz CT molecular complexity index is 689. The average molecular weight is 420 g/mol. The SMILES string of the molecule is COc1ccccc1OCC(=O)N(CCC(=O)NCCCN1CCOCC1)C1CC1. The third-order valence-corrected chi connectivity index (χ3v) is 5.38. The summed E-state index contributed by atoms with van der Waals surface area (Å²) in [4.78, 5) is 29.0. The van der Waals surface area contributed by atoms with Gasteiger partial charge in [0, 0.05) is 38.6 Å². The van der Waals surface area contributed by atoms with Crippen LogP contribution < -0.4 is 14.8 Å². The van der Waals surface area contributed by atoms with Crippen LogP contribution in [0.3, 0.4) is 0 Å². The lowest BCUT2D eigenvalue weighted by Gasteiger charge is -2.26. The summed E-state index contributed by atoms with van der Waals surface area (Å²) in [6, 6.07) is 7.49. The summed E-state index contributed by atoms with van der Waals surface area (Å²) in [5.74, 6) is 1.03. The molecule has 2 amide bonds. The number of nitrogens with one attached hydrogen (secondary N) is 1. The molecule has 1 aliphatic heterocycles. The van der Waals surface area contributed by atoms with Crippen molar-refractivity contribution >= 4 is 11.8 Å². The van der Waals surface area contributed by atoms with Gasteiger partial charge in [-0.3, -0.25) is 14.5 Å². The first kappa shape index (κ1) is 22.4. The van der Waals surface area contributed by atoms with Crippen LogP contribution in [0.2, 0.25) is 0 Å². The van der Waals surface area contributed by atoms with Gasteiger partial charge < -0.3 is 24.4 Å². The molecular weight excluding hydrogens is 386 g/mol. The van der Waals surface area contributed by atoms with E-state index in [1.165, 1.54) is 0 Å². The third-order valence-electron chi connectivity index (χ3n) is 5.38. The van der Waals surface area contributed by atoms with Gasteiger partial charge in [-0.25, -0.2) is 0 Å². The molecule has 1 aromatic carbocycles. The first-order valence-corrected chi connectivity index (χ1v) is 10.8. The van der Waals surface area contributed by atoms with Crippen molar-refractivity contribution in [1.82, 2.24) is 15.1 Å². The second-order valence-corrected chi connectivity index (χ2v) is 7.67. The molecule has 0 aromatic heterocycles. The number of hydrogen-bond acceptors (Lipinski definition) is 6. The highest BCUT2D eigenvalue weighted by Crippen LogP contribution is 2.28. The van der Waals surface area contributed by atoms with Crippen LogP contribution in [0.1, 0.15) is 25.7 Å². The van der Waals surface area contributed by atoms with E-state index < -0.39 is 0 Å². The van der Waals surface area contributed by atoms with Crippen LogP contribution in [0, 0.1) is 0 Å². The Hall–Kier alpha value is -2.32. The van der Waals surface area contributed by atoms with E-state index in [9.17, 15) is 9.59 Å². The summed E-state index contributed by atoms with van der Waals surface area (Å²) in [7, 11) is 1.57. The van der Waals surface area contributed by atoms with Crippen molar-refractivity contribution in [1.29, 1.82) is 0 Å². The Balaban J connectivity index is 1.35. The summed E-state index contributed by atoms with van der Waals surface area (Å²) in [5.41, 5.74) is 0. The van der Waals surface area contributed by atoms with Crippen LogP contribution in [0.15, 0.2) is 24.3 Å². The standard InChI is InChI=1S/C22H33N3O5/c1-28-19-5-2-3-6-20(19)30-17-22(27)25(18-7-8-18)12-9-21(26)23-10-4-11-24-13-15-29-16-14-24/h2-3,5-6,18H,4,7-17H2,1H3,(H,23,26). The number of carbonyl (C=O) groups excluding carboxylic acids is 2. The van der Waals surface area contributed by atoms with Crippen molar-refractivity contribution in [2.45, 2.75) is 31.7 Å². The Morgan fingerprint density at radius 2 is 1.93 bits per heavy atom. The van der Waals surface area contributed by atoms with Gasteiger partial charge >= 0.3 is 0 Å². The van der Waals surface area contributed by atoms with Gasteiger partial charge in [0.05, 0.1) is 20.3 Å². The normalized spacial score (nSPS) is 16.7. The minimum absolute atomic E-state index is 0.0129. The van der Waals surface area contributed by atoms with Crippen LogP contribution in [0.25, 0.3) is 0 Å². The van der Waals surface area contributed by atoms with E-state index in [2.05, 4.69) is 10.2 Å². The molecule has 0 atom stereocenters. The van der Waals surface area contributed by atoms with Gasteiger partial charge in [-0.2, -0.15) is 0 Å². The molecule has 1 heterocycles. The molecular formula is C22H33N3O5. The topological polar surface area (TPSA) is 80.3 Å². The predicted molar refractivity (Wildman–Crippen MR) is 113 cm³/mol. The zero-order chi connectivity index (χ0) is 21.2. The molecule has 166 valence electrons. The quantitative estimate of drug-likeness (QED) is 0.515. The zero-order valence-corrected chi connectivity index (χ0v) is 17.8. The summed E-state index contributed by atoms with van der Waals surface area (Å²) in [6.45, 7) is 5.50. The first-order valence-electron chi connectivity index (χ1n) is 10.8. The smallest absolute Gasteiger partial charge is 0.260 e. The highest BCUT2D eigenvalue weighted by atomic mass is 16.5. The predicted octanol–water partition coefficient (Wildman–Crippen LogP) is 1.29. The maximum absolute atomic E-state index is 12.7. The van der Waals surface area contributed by atoms with Crippen LogP contribution in [-0.2, 0) is 14.3 Å². The Morgan fingerprint density at radius 3 is 2.63 bits per heavy atom. The second-order valence-electron chi connectivity index (χ2n) is 7.67. The summed E-state index contributed by atoms with van der Waals surface area (Å²) >= 11 is 0. The van der Waals surface area contributed by atoms with E-state index in [0.29, 0.717) is 31.0 Å². The fourth-order valence-corrected chi connectivity index (χ4v) is 3.52. The molecule has 0 bridgehead atoms. The van der Waals surface area contributed by atoms with Gasteiger partial charge in [-0.1, -0.05) is 12.1 Å². The number of benzene rings is 1. The number of para-hydroxylation sites is 2. The molecule has 2 aliphatic rings. The fraction of sp³-hybridized carbons (Fsp3) is 0.636. The minimum Gasteiger partial charge on any atom is -0.493 e. The largest absolute Gasteiger partial charge is 0.493 e. The molecule has 0 spiro atoms. The number of amides is 2. The van der Waals surface area contributed by atoms with Gasteiger partial charge in [0.25, 0.3) is 5.91 Å². The first-order chi connectivity index (χ1) is 14.7. The summed E-state index contributed by atoms with van der Waals surface area (Å²) in [5, 5.41) is 2.97. The molecule has 0 radical (unpaired) electrons. The molecule has 2 fully saturated rings. The summed E-state index contributed by atoms with van der Waals surface area (Å²) in [6.07, 6.45) is 3.21. The number of rotatable bonds is 12. The molecule has 1 saturated carbocycles. The van der Waals surface area contributed by atoms with Gasteiger partial charge in [-0.15, -0.1) is 0 Å². The van der Waals surface area contributed by atoms with E-state index in [1.54, 1.807) is 24.1 Å². The molecule has 1 aromatic rings. The fourth-order valence-electron chi connectivity index (χ4n) is 3.52. The van der Waals surface area contributed by atoms with Crippen molar-refractivity contribution in [3.05, 3.63) is 24.3 Å². The monoisotopic (exact) mass is 419 g/mol. The van der Waals surface area contributed by atoms with Crippen molar-refractivity contribution in [2.24, 2.45) is 0 Å². The number of hydrogen-bond donors (Lipinski definition) is 1. The number of methoxy groups -OCH3 is 1. The molecule has 0 unspecified atom stereocenters. The van der Waals surface area contributed by atoms with E-state index in [0.717, 1.165) is 52.1 Å².